The third kappa shape index (κ3) is 7.07. The number of piperazine rings is 1. The molecule has 1 N–H and O–H groups in total. The molecular weight excluding hydrogens is 462 g/mol. The van der Waals surface area contributed by atoms with Gasteiger partial charge in [-0.25, -0.2) is 4.79 Å². The highest BCUT2D eigenvalue weighted by molar-refractivity contribution is 6.30. The Morgan fingerprint density at radius 2 is 1.63 bits per heavy atom. The highest BCUT2D eigenvalue weighted by atomic mass is 35.5. The maximum atomic E-state index is 13.0. The molecule has 0 spiro atoms. The second-order valence-corrected chi connectivity index (χ2v) is 9.16. The van der Waals surface area contributed by atoms with E-state index in [4.69, 9.17) is 16.3 Å². The first-order chi connectivity index (χ1) is 17.0. The molecule has 4 rings (SSSR count). The van der Waals surface area contributed by atoms with Gasteiger partial charge in [0.15, 0.2) is 0 Å². The minimum atomic E-state index is -0.522. The average molecular weight is 492 g/mol. The summed E-state index contributed by atoms with van der Waals surface area (Å²) in [5, 5.41) is 3.52. The van der Waals surface area contributed by atoms with Crippen LogP contribution in [0.25, 0.3) is 0 Å². The fraction of sp³-hybridized carbons (Fsp3) is 0.286. The summed E-state index contributed by atoms with van der Waals surface area (Å²) in [5.74, 6) is 0.0173. The second kappa shape index (κ2) is 11.9. The maximum Gasteiger partial charge on any atom is 0.411 e. The van der Waals surface area contributed by atoms with E-state index in [0.29, 0.717) is 24.3 Å². The SMILES string of the molecule is Cc1cc(C(=O)N2CCN(CCc3ccc(Cl)cc3)CC2)ccc1NC(=O)OCc1ccccc1. The number of amides is 2. The molecule has 182 valence electrons. The number of halogens is 1. The normalized spacial score (nSPS) is 13.9. The summed E-state index contributed by atoms with van der Waals surface area (Å²) in [6.07, 6.45) is 0.442. The largest absolute Gasteiger partial charge is 0.444 e. The molecule has 35 heavy (non-hydrogen) atoms. The molecule has 0 aliphatic carbocycles. The summed E-state index contributed by atoms with van der Waals surface area (Å²) in [5.41, 5.74) is 4.26. The predicted molar refractivity (Wildman–Crippen MR) is 139 cm³/mol. The van der Waals surface area contributed by atoms with Gasteiger partial charge in [0.05, 0.1) is 0 Å². The third-order valence-corrected chi connectivity index (χ3v) is 6.46. The smallest absolute Gasteiger partial charge is 0.411 e. The van der Waals surface area contributed by atoms with Gasteiger partial charge < -0.3 is 9.64 Å². The zero-order chi connectivity index (χ0) is 24.6. The number of carbonyl (C=O) groups is 2. The van der Waals surface area contributed by atoms with E-state index in [1.165, 1.54) is 5.56 Å². The zero-order valence-corrected chi connectivity index (χ0v) is 20.6. The van der Waals surface area contributed by atoms with Gasteiger partial charge in [-0.05, 0) is 60.4 Å². The lowest BCUT2D eigenvalue weighted by Gasteiger charge is -2.35. The topological polar surface area (TPSA) is 61.9 Å². The monoisotopic (exact) mass is 491 g/mol. The molecule has 6 nitrogen and oxygen atoms in total. The fourth-order valence-electron chi connectivity index (χ4n) is 4.10. The maximum absolute atomic E-state index is 13.0. The van der Waals surface area contributed by atoms with Crippen LogP contribution in [0.2, 0.25) is 5.02 Å². The van der Waals surface area contributed by atoms with Crippen LogP contribution in [-0.2, 0) is 17.8 Å². The number of rotatable bonds is 7. The van der Waals surface area contributed by atoms with Gasteiger partial charge in [0, 0.05) is 49.0 Å². The highest BCUT2D eigenvalue weighted by Crippen LogP contribution is 2.19. The van der Waals surface area contributed by atoms with Crippen LogP contribution >= 0.6 is 11.6 Å². The molecule has 1 aliphatic rings. The summed E-state index contributed by atoms with van der Waals surface area (Å²) in [6, 6.07) is 22.8. The number of anilines is 1. The first-order valence-corrected chi connectivity index (χ1v) is 12.2. The number of aryl methyl sites for hydroxylation is 1. The van der Waals surface area contributed by atoms with Crippen LogP contribution in [0.3, 0.4) is 0 Å². The van der Waals surface area contributed by atoms with Crippen LogP contribution in [0.5, 0.6) is 0 Å². The van der Waals surface area contributed by atoms with E-state index in [1.807, 2.05) is 60.4 Å². The Hall–Kier alpha value is -3.35. The molecule has 3 aromatic rings. The Balaban J connectivity index is 1.24. The molecule has 0 bridgehead atoms. The first kappa shape index (κ1) is 24.8. The van der Waals surface area contributed by atoms with Gasteiger partial charge in [0.1, 0.15) is 6.61 Å². The van der Waals surface area contributed by atoms with Crippen LogP contribution in [0.1, 0.15) is 27.0 Å². The summed E-state index contributed by atoms with van der Waals surface area (Å²) >= 11 is 5.96. The molecule has 3 aromatic carbocycles. The molecule has 0 radical (unpaired) electrons. The molecular formula is C28H30ClN3O3. The quantitative estimate of drug-likeness (QED) is 0.481. The fourth-order valence-corrected chi connectivity index (χ4v) is 4.23. The van der Waals surface area contributed by atoms with E-state index in [2.05, 4.69) is 22.3 Å². The van der Waals surface area contributed by atoms with Crippen molar-refractivity contribution in [2.75, 3.05) is 38.0 Å². The van der Waals surface area contributed by atoms with Crippen LogP contribution in [-0.4, -0.2) is 54.5 Å². The Labute approximate surface area is 211 Å². The Bertz CT molecular complexity index is 1140. The van der Waals surface area contributed by atoms with E-state index >= 15 is 0 Å². The molecule has 1 heterocycles. The first-order valence-electron chi connectivity index (χ1n) is 11.8. The van der Waals surface area contributed by atoms with E-state index in [1.54, 1.807) is 12.1 Å². The standard InChI is InChI=1S/C28H30ClN3O3/c1-21-19-24(9-12-26(21)30-28(34)35-20-23-5-3-2-4-6-23)27(33)32-17-15-31(16-18-32)14-13-22-7-10-25(29)11-8-22/h2-12,19H,13-18,20H2,1H3,(H,30,34). The van der Waals surface area contributed by atoms with Gasteiger partial charge in [-0.3, -0.25) is 15.0 Å². The van der Waals surface area contributed by atoms with E-state index in [-0.39, 0.29) is 12.5 Å². The summed E-state index contributed by atoms with van der Waals surface area (Å²) in [6.45, 7) is 6.14. The molecule has 1 fully saturated rings. The minimum absolute atomic E-state index is 0.0173. The van der Waals surface area contributed by atoms with Crippen LogP contribution in [0, 0.1) is 6.92 Å². The van der Waals surface area contributed by atoms with E-state index < -0.39 is 6.09 Å². The van der Waals surface area contributed by atoms with Crippen molar-refractivity contribution in [2.45, 2.75) is 20.0 Å². The van der Waals surface area contributed by atoms with E-state index in [0.717, 1.165) is 42.2 Å². The van der Waals surface area contributed by atoms with Gasteiger partial charge in [0.25, 0.3) is 5.91 Å². The van der Waals surface area contributed by atoms with Crippen molar-refractivity contribution in [3.05, 3.63) is 100 Å². The van der Waals surface area contributed by atoms with Crippen molar-refractivity contribution in [3.63, 3.8) is 0 Å². The van der Waals surface area contributed by atoms with Crippen molar-refractivity contribution < 1.29 is 14.3 Å². The lowest BCUT2D eigenvalue weighted by atomic mass is 10.1. The number of ether oxygens (including phenoxy) is 1. The van der Waals surface area contributed by atoms with Gasteiger partial charge >= 0.3 is 6.09 Å². The molecule has 0 unspecified atom stereocenters. The van der Waals surface area contributed by atoms with Crippen LogP contribution in [0.15, 0.2) is 72.8 Å². The molecule has 1 saturated heterocycles. The van der Waals surface area contributed by atoms with Crippen molar-refractivity contribution >= 4 is 29.3 Å². The Morgan fingerprint density at radius 1 is 0.914 bits per heavy atom. The average Bonchev–Trinajstić information content (AvgIpc) is 2.89. The Kier molecular flexibility index (Phi) is 8.40. The van der Waals surface area contributed by atoms with Gasteiger partial charge in [0.2, 0.25) is 0 Å². The molecule has 1 aliphatic heterocycles. The highest BCUT2D eigenvalue weighted by Gasteiger charge is 2.22. The number of hydrogen-bond donors (Lipinski definition) is 1. The molecule has 0 saturated carbocycles. The summed E-state index contributed by atoms with van der Waals surface area (Å²) in [7, 11) is 0. The van der Waals surface area contributed by atoms with Gasteiger partial charge in [-0.15, -0.1) is 0 Å². The van der Waals surface area contributed by atoms with Gasteiger partial charge in [-0.1, -0.05) is 54.1 Å². The number of nitrogens with one attached hydrogen (secondary N) is 1. The predicted octanol–water partition coefficient (Wildman–Crippen LogP) is 5.40. The molecule has 0 aromatic heterocycles. The molecule has 2 amide bonds. The second-order valence-electron chi connectivity index (χ2n) is 8.73. The number of nitrogens with zero attached hydrogens (tertiary/aromatic N) is 2. The van der Waals surface area contributed by atoms with Crippen molar-refractivity contribution in [1.29, 1.82) is 0 Å². The number of benzene rings is 3. The lowest BCUT2D eigenvalue weighted by Crippen LogP contribution is -2.49. The zero-order valence-electron chi connectivity index (χ0n) is 19.9. The third-order valence-electron chi connectivity index (χ3n) is 6.21. The van der Waals surface area contributed by atoms with Crippen LogP contribution in [0.4, 0.5) is 10.5 Å². The molecule has 0 atom stereocenters. The van der Waals surface area contributed by atoms with Crippen LogP contribution < -0.4 is 5.32 Å². The van der Waals surface area contributed by atoms with Crippen molar-refractivity contribution in [3.8, 4) is 0 Å². The number of carbonyl (C=O) groups excluding carboxylic acids is 2. The summed E-state index contributed by atoms with van der Waals surface area (Å²) in [4.78, 5) is 29.5. The van der Waals surface area contributed by atoms with E-state index in [9.17, 15) is 9.59 Å². The van der Waals surface area contributed by atoms with Crippen molar-refractivity contribution in [2.24, 2.45) is 0 Å². The Morgan fingerprint density at radius 3 is 2.31 bits per heavy atom. The van der Waals surface area contributed by atoms with Gasteiger partial charge in [-0.2, -0.15) is 0 Å². The number of hydrogen-bond acceptors (Lipinski definition) is 4. The minimum Gasteiger partial charge on any atom is -0.444 e. The molecule has 7 heteroatoms. The summed E-state index contributed by atoms with van der Waals surface area (Å²) < 4.78 is 5.29. The lowest BCUT2D eigenvalue weighted by molar-refractivity contribution is 0.0638. The van der Waals surface area contributed by atoms with Crippen molar-refractivity contribution in [1.82, 2.24) is 9.80 Å².